The predicted octanol–water partition coefficient (Wildman–Crippen LogP) is 2.12. The molecule has 112 valence electrons. The second kappa shape index (κ2) is 6.72. The Bertz CT molecular complexity index is 408. The van der Waals surface area contributed by atoms with E-state index in [1.54, 1.807) is 0 Å². The number of likely N-dealkylation sites (tertiary alicyclic amines) is 2. The van der Waals surface area contributed by atoms with Crippen molar-refractivity contribution in [2.24, 2.45) is 13.0 Å². The van der Waals surface area contributed by atoms with Gasteiger partial charge < -0.3 is 9.47 Å². The zero-order valence-corrected chi connectivity index (χ0v) is 12.8. The van der Waals surface area contributed by atoms with Crippen molar-refractivity contribution in [2.75, 3.05) is 32.7 Å². The third-order valence-corrected chi connectivity index (χ3v) is 4.85. The van der Waals surface area contributed by atoms with E-state index in [1.807, 2.05) is 12.4 Å². The van der Waals surface area contributed by atoms with Gasteiger partial charge in [-0.2, -0.15) is 0 Å². The Kier molecular flexibility index (Phi) is 4.73. The number of nitrogens with zero attached hydrogens (tertiary/aromatic N) is 4. The van der Waals surface area contributed by atoms with Gasteiger partial charge in [0, 0.05) is 32.5 Å². The van der Waals surface area contributed by atoms with Gasteiger partial charge >= 0.3 is 0 Å². The molecular weight excluding hydrogens is 248 g/mol. The van der Waals surface area contributed by atoms with Crippen molar-refractivity contribution in [3.05, 3.63) is 18.2 Å². The minimum atomic E-state index is 0.863. The third kappa shape index (κ3) is 3.61. The molecule has 0 aromatic carbocycles. The number of hydrogen-bond donors (Lipinski definition) is 0. The molecule has 2 saturated heterocycles. The fourth-order valence-corrected chi connectivity index (χ4v) is 3.70. The smallest absolute Gasteiger partial charge is 0.122 e. The molecule has 0 N–H and O–H groups in total. The monoisotopic (exact) mass is 276 g/mol. The maximum absolute atomic E-state index is 4.46. The fourth-order valence-electron chi connectivity index (χ4n) is 3.70. The quantitative estimate of drug-likeness (QED) is 0.842. The van der Waals surface area contributed by atoms with Crippen LogP contribution in [0.3, 0.4) is 0 Å². The summed E-state index contributed by atoms with van der Waals surface area (Å²) in [7, 11) is 2.09. The van der Waals surface area contributed by atoms with Crippen molar-refractivity contribution in [2.45, 2.75) is 38.6 Å². The van der Waals surface area contributed by atoms with Crippen molar-refractivity contribution in [1.29, 1.82) is 0 Å². The van der Waals surface area contributed by atoms with Crippen LogP contribution in [0.2, 0.25) is 0 Å². The van der Waals surface area contributed by atoms with Gasteiger partial charge in [-0.25, -0.2) is 4.98 Å². The van der Waals surface area contributed by atoms with Crippen molar-refractivity contribution in [1.82, 2.24) is 19.4 Å². The molecule has 3 rings (SSSR count). The summed E-state index contributed by atoms with van der Waals surface area (Å²) in [5, 5.41) is 0. The van der Waals surface area contributed by atoms with Crippen LogP contribution in [-0.4, -0.2) is 52.1 Å². The summed E-state index contributed by atoms with van der Waals surface area (Å²) in [6.07, 6.45) is 11.0. The molecule has 4 nitrogen and oxygen atoms in total. The topological polar surface area (TPSA) is 24.3 Å². The first-order valence-corrected chi connectivity index (χ1v) is 8.22. The molecule has 0 bridgehead atoms. The fraction of sp³-hybridized carbons (Fsp3) is 0.812. The van der Waals surface area contributed by atoms with Gasteiger partial charge in [-0.05, 0) is 51.2 Å². The van der Waals surface area contributed by atoms with E-state index in [0.717, 1.165) is 12.5 Å². The summed E-state index contributed by atoms with van der Waals surface area (Å²) in [4.78, 5) is 9.75. The number of aryl methyl sites for hydroxylation is 1. The first kappa shape index (κ1) is 14.1. The SMILES string of the molecule is Cn1ccnc1CN1CCC[C@@H](CN2CCCCC2)C1. The molecule has 0 aliphatic carbocycles. The molecule has 1 atom stereocenters. The minimum Gasteiger partial charge on any atom is -0.337 e. The van der Waals surface area contributed by atoms with Crippen LogP contribution in [0.5, 0.6) is 0 Å². The Hall–Kier alpha value is -0.870. The molecule has 0 amide bonds. The second-order valence-corrected chi connectivity index (χ2v) is 6.56. The van der Waals surface area contributed by atoms with E-state index in [2.05, 4.69) is 26.4 Å². The maximum atomic E-state index is 4.46. The first-order valence-electron chi connectivity index (χ1n) is 8.22. The number of imidazole rings is 1. The first-order chi connectivity index (χ1) is 9.81. The zero-order valence-electron chi connectivity index (χ0n) is 12.8. The largest absolute Gasteiger partial charge is 0.337 e. The minimum absolute atomic E-state index is 0.863. The summed E-state index contributed by atoms with van der Waals surface area (Å²) in [6.45, 7) is 7.48. The van der Waals surface area contributed by atoms with Crippen LogP contribution in [0.4, 0.5) is 0 Å². The average molecular weight is 276 g/mol. The van der Waals surface area contributed by atoms with Gasteiger partial charge in [0.1, 0.15) is 5.82 Å². The van der Waals surface area contributed by atoms with Crippen LogP contribution in [0.25, 0.3) is 0 Å². The van der Waals surface area contributed by atoms with E-state index in [4.69, 9.17) is 0 Å². The van der Waals surface area contributed by atoms with Crippen molar-refractivity contribution in [3.8, 4) is 0 Å². The highest BCUT2D eigenvalue weighted by Gasteiger charge is 2.23. The summed E-state index contributed by atoms with van der Waals surface area (Å²) in [6, 6.07) is 0. The van der Waals surface area contributed by atoms with E-state index >= 15 is 0 Å². The van der Waals surface area contributed by atoms with Crippen molar-refractivity contribution >= 4 is 0 Å². The van der Waals surface area contributed by atoms with Gasteiger partial charge in [0.15, 0.2) is 0 Å². The molecule has 0 radical (unpaired) electrons. The normalized spacial score (nSPS) is 25.9. The summed E-state index contributed by atoms with van der Waals surface area (Å²) >= 11 is 0. The Morgan fingerprint density at radius 3 is 2.65 bits per heavy atom. The van der Waals surface area contributed by atoms with Crippen molar-refractivity contribution in [3.63, 3.8) is 0 Å². The Morgan fingerprint density at radius 2 is 1.90 bits per heavy atom. The maximum Gasteiger partial charge on any atom is 0.122 e. The zero-order chi connectivity index (χ0) is 13.8. The highest BCUT2D eigenvalue weighted by Crippen LogP contribution is 2.20. The van der Waals surface area contributed by atoms with Gasteiger partial charge in [0.05, 0.1) is 6.54 Å². The number of piperidine rings is 2. The Labute approximate surface area is 122 Å². The molecule has 0 saturated carbocycles. The lowest BCUT2D eigenvalue weighted by atomic mass is 9.96. The molecule has 0 spiro atoms. The third-order valence-electron chi connectivity index (χ3n) is 4.85. The number of aromatic nitrogens is 2. The van der Waals surface area contributed by atoms with E-state index in [9.17, 15) is 0 Å². The molecule has 1 aromatic heterocycles. The van der Waals surface area contributed by atoms with Crippen LogP contribution >= 0.6 is 0 Å². The summed E-state index contributed by atoms with van der Waals surface area (Å²) < 4.78 is 2.15. The van der Waals surface area contributed by atoms with Gasteiger partial charge in [0.25, 0.3) is 0 Å². The molecule has 20 heavy (non-hydrogen) atoms. The number of rotatable bonds is 4. The van der Waals surface area contributed by atoms with Crippen molar-refractivity contribution < 1.29 is 0 Å². The Balaban J connectivity index is 1.49. The van der Waals surface area contributed by atoms with Gasteiger partial charge in [0.2, 0.25) is 0 Å². The van der Waals surface area contributed by atoms with Gasteiger partial charge in [-0.15, -0.1) is 0 Å². The predicted molar refractivity (Wildman–Crippen MR) is 81.5 cm³/mol. The lowest BCUT2D eigenvalue weighted by Gasteiger charge is -2.36. The van der Waals surface area contributed by atoms with Gasteiger partial charge in [-0.3, -0.25) is 4.90 Å². The average Bonchev–Trinajstić information content (AvgIpc) is 2.86. The van der Waals surface area contributed by atoms with Crippen LogP contribution in [0.15, 0.2) is 12.4 Å². The molecule has 4 heteroatoms. The highest BCUT2D eigenvalue weighted by molar-refractivity contribution is 4.92. The molecule has 2 fully saturated rings. The Morgan fingerprint density at radius 1 is 1.10 bits per heavy atom. The molecule has 2 aliphatic rings. The van der Waals surface area contributed by atoms with E-state index in [-0.39, 0.29) is 0 Å². The van der Waals surface area contributed by atoms with Crippen LogP contribution in [-0.2, 0) is 13.6 Å². The molecule has 1 aromatic rings. The van der Waals surface area contributed by atoms with Crippen LogP contribution < -0.4 is 0 Å². The molecule has 3 heterocycles. The highest BCUT2D eigenvalue weighted by atomic mass is 15.2. The lowest BCUT2D eigenvalue weighted by molar-refractivity contribution is 0.116. The summed E-state index contributed by atoms with van der Waals surface area (Å²) in [5.41, 5.74) is 0. The summed E-state index contributed by atoms with van der Waals surface area (Å²) in [5.74, 6) is 2.06. The standard InChI is InChI=1S/C16H28N4/c1-18-11-7-17-16(18)14-20-10-5-6-15(13-20)12-19-8-3-2-4-9-19/h7,11,15H,2-6,8-10,12-14H2,1H3/t15-/m0/s1. The van der Waals surface area contributed by atoms with Crippen LogP contribution in [0.1, 0.15) is 37.9 Å². The van der Waals surface area contributed by atoms with E-state index in [1.165, 1.54) is 70.7 Å². The molecule has 2 aliphatic heterocycles. The van der Waals surface area contributed by atoms with Crippen LogP contribution in [0, 0.1) is 5.92 Å². The van der Waals surface area contributed by atoms with E-state index < -0.39 is 0 Å². The number of hydrogen-bond acceptors (Lipinski definition) is 3. The second-order valence-electron chi connectivity index (χ2n) is 6.56. The van der Waals surface area contributed by atoms with E-state index in [0.29, 0.717) is 0 Å². The van der Waals surface area contributed by atoms with Gasteiger partial charge in [-0.1, -0.05) is 6.42 Å². The molecule has 0 unspecified atom stereocenters. The molecular formula is C16H28N4. The lowest BCUT2D eigenvalue weighted by Crippen LogP contribution is -2.42.